The first kappa shape index (κ1) is 13.5. The summed E-state index contributed by atoms with van der Waals surface area (Å²) in [5.74, 6) is -0.462. The van der Waals surface area contributed by atoms with Crippen LogP contribution in [0.1, 0.15) is 38.4 Å². The minimum atomic E-state index is -0.967. The highest BCUT2D eigenvalue weighted by Crippen LogP contribution is 2.20. The highest BCUT2D eigenvalue weighted by Gasteiger charge is 2.16. The molecule has 4 nitrogen and oxygen atoms in total. The fourth-order valence-electron chi connectivity index (χ4n) is 1.48. The zero-order valence-corrected chi connectivity index (χ0v) is 10.1. The van der Waals surface area contributed by atoms with E-state index in [0.717, 1.165) is 5.56 Å². The van der Waals surface area contributed by atoms with Crippen molar-refractivity contribution in [3.8, 4) is 5.75 Å². The number of rotatable bonds is 6. The number of carboxylic acids is 1. The largest absolute Gasteiger partial charge is 0.479 e. The lowest BCUT2D eigenvalue weighted by atomic mass is 10.1. The van der Waals surface area contributed by atoms with Gasteiger partial charge in [0.25, 0.3) is 0 Å². The fourth-order valence-corrected chi connectivity index (χ4v) is 1.48. The molecule has 0 saturated heterocycles. The minimum Gasteiger partial charge on any atom is -0.479 e. The molecule has 0 radical (unpaired) electrons. The molecular weight excluding hydrogens is 220 g/mol. The van der Waals surface area contributed by atoms with E-state index in [4.69, 9.17) is 9.84 Å². The molecule has 0 bridgehead atoms. The summed E-state index contributed by atoms with van der Waals surface area (Å²) in [6, 6.07) is 6.86. The molecule has 2 atom stereocenters. The third-order valence-electron chi connectivity index (χ3n) is 2.58. The van der Waals surface area contributed by atoms with E-state index in [-0.39, 0.29) is 0 Å². The molecule has 1 unspecified atom stereocenters. The molecule has 94 valence electrons. The van der Waals surface area contributed by atoms with Crippen molar-refractivity contribution >= 4 is 5.97 Å². The van der Waals surface area contributed by atoms with Gasteiger partial charge in [-0.1, -0.05) is 26.0 Å². The monoisotopic (exact) mass is 238 g/mol. The van der Waals surface area contributed by atoms with E-state index in [9.17, 15) is 9.90 Å². The Morgan fingerprint density at radius 3 is 2.24 bits per heavy atom. The lowest BCUT2D eigenvalue weighted by molar-refractivity contribution is -0.145. The maximum absolute atomic E-state index is 10.8. The average molecular weight is 238 g/mol. The summed E-state index contributed by atoms with van der Waals surface area (Å²) in [5.41, 5.74) is 0.809. The Morgan fingerprint density at radius 2 is 1.82 bits per heavy atom. The number of carbonyl (C=O) groups is 1. The molecule has 1 aromatic rings. The molecule has 17 heavy (non-hydrogen) atoms. The zero-order valence-electron chi connectivity index (χ0n) is 10.1. The van der Waals surface area contributed by atoms with Gasteiger partial charge in [0, 0.05) is 0 Å². The molecular formula is C13H18O4. The van der Waals surface area contributed by atoms with Gasteiger partial charge in [-0.05, 0) is 30.5 Å². The number of hydrogen-bond donors (Lipinski definition) is 2. The number of aliphatic hydroxyl groups excluding tert-OH is 1. The van der Waals surface area contributed by atoms with Gasteiger partial charge in [0.05, 0.1) is 6.10 Å². The predicted molar refractivity (Wildman–Crippen MR) is 64.0 cm³/mol. The van der Waals surface area contributed by atoms with Gasteiger partial charge in [-0.2, -0.15) is 0 Å². The fraction of sp³-hybridized carbons (Fsp3) is 0.462. The van der Waals surface area contributed by atoms with Crippen LogP contribution in [0.2, 0.25) is 0 Å². The molecule has 0 saturated carbocycles. The summed E-state index contributed by atoms with van der Waals surface area (Å²) in [6.07, 6.45) is -0.246. The van der Waals surface area contributed by atoms with Crippen LogP contribution in [0.3, 0.4) is 0 Å². The first-order valence-corrected chi connectivity index (χ1v) is 5.76. The summed E-state index contributed by atoms with van der Waals surface area (Å²) in [7, 11) is 0. The number of aliphatic carboxylic acids is 1. The summed E-state index contributed by atoms with van der Waals surface area (Å²) < 4.78 is 5.31. The van der Waals surface area contributed by atoms with Crippen LogP contribution in [0.15, 0.2) is 24.3 Å². The first-order valence-electron chi connectivity index (χ1n) is 5.76. The normalized spacial score (nSPS) is 14.1. The average Bonchev–Trinajstić information content (AvgIpc) is 2.35. The van der Waals surface area contributed by atoms with Crippen molar-refractivity contribution < 1.29 is 19.7 Å². The maximum atomic E-state index is 10.8. The van der Waals surface area contributed by atoms with Crippen LogP contribution < -0.4 is 4.74 Å². The van der Waals surface area contributed by atoms with Gasteiger partial charge < -0.3 is 14.9 Å². The van der Waals surface area contributed by atoms with Crippen molar-refractivity contribution in [2.24, 2.45) is 0 Å². The molecule has 0 aliphatic rings. The Bertz CT molecular complexity index is 358. The van der Waals surface area contributed by atoms with Gasteiger partial charge in [-0.15, -0.1) is 0 Å². The molecule has 0 aliphatic carbocycles. The van der Waals surface area contributed by atoms with E-state index >= 15 is 0 Å². The standard InChI is InChI=1S/C13H18O4/c1-3-11(14)9-5-7-10(8-6-9)17-12(4-2)13(15)16/h5-8,11-12,14H,3-4H2,1-2H3,(H,15,16)/t11-,12?/m0/s1. The van der Waals surface area contributed by atoms with E-state index in [2.05, 4.69) is 0 Å². The molecule has 0 aromatic heterocycles. The molecule has 0 heterocycles. The Morgan fingerprint density at radius 1 is 1.24 bits per heavy atom. The van der Waals surface area contributed by atoms with Crippen LogP contribution in [0.25, 0.3) is 0 Å². The molecule has 4 heteroatoms. The Labute approximate surface area is 101 Å². The third kappa shape index (κ3) is 3.75. The van der Waals surface area contributed by atoms with Gasteiger partial charge >= 0.3 is 5.97 Å². The number of aliphatic hydroxyl groups is 1. The van der Waals surface area contributed by atoms with E-state index in [1.807, 2.05) is 6.92 Å². The van der Waals surface area contributed by atoms with Crippen LogP contribution in [-0.2, 0) is 4.79 Å². The smallest absolute Gasteiger partial charge is 0.344 e. The number of hydrogen-bond acceptors (Lipinski definition) is 3. The minimum absolute atomic E-state index is 0.411. The van der Waals surface area contributed by atoms with Gasteiger partial charge in [-0.25, -0.2) is 4.79 Å². The number of ether oxygens (including phenoxy) is 1. The summed E-state index contributed by atoms with van der Waals surface area (Å²) in [6.45, 7) is 3.65. The molecule has 0 amide bonds. The highest BCUT2D eigenvalue weighted by molar-refractivity contribution is 5.72. The lowest BCUT2D eigenvalue weighted by Gasteiger charge is -2.14. The first-order chi connectivity index (χ1) is 8.08. The van der Waals surface area contributed by atoms with Crippen LogP contribution in [-0.4, -0.2) is 22.3 Å². The predicted octanol–water partition coefficient (Wildman–Crippen LogP) is 2.37. The van der Waals surface area contributed by atoms with E-state index in [0.29, 0.717) is 18.6 Å². The molecule has 1 rings (SSSR count). The second-order valence-corrected chi connectivity index (χ2v) is 3.85. The van der Waals surface area contributed by atoms with Crippen molar-refractivity contribution in [3.63, 3.8) is 0 Å². The van der Waals surface area contributed by atoms with Gasteiger partial charge in [0.2, 0.25) is 0 Å². The second-order valence-electron chi connectivity index (χ2n) is 3.85. The molecule has 0 spiro atoms. The maximum Gasteiger partial charge on any atom is 0.344 e. The van der Waals surface area contributed by atoms with E-state index in [1.165, 1.54) is 0 Å². The Hall–Kier alpha value is -1.55. The van der Waals surface area contributed by atoms with E-state index < -0.39 is 18.2 Å². The van der Waals surface area contributed by atoms with Crippen molar-refractivity contribution in [1.29, 1.82) is 0 Å². The van der Waals surface area contributed by atoms with Crippen molar-refractivity contribution in [3.05, 3.63) is 29.8 Å². The SMILES string of the molecule is CCC(Oc1ccc([C@@H](O)CC)cc1)C(=O)O. The molecule has 0 aliphatic heterocycles. The molecule has 2 N–H and O–H groups in total. The summed E-state index contributed by atoms with van der Waals surface area (Å²) >= 11 is 0. The number of carboxylic acid groups (broad SMARTS) is 1. The summed E-state index contributed by atoms with van der Waals surface area (Å²) in [5, 5.41) is 18.5. The summed E-state index contributed by atoms with van der Waals surface area (Å²) in [4.78, 5) is 10.8. The van der Waals surface area contributed by atoms with Crippen LogP contribution in [0, 0.1) is 0 Å². The third-order valence-corrected chi connectivity index (χ3v) is 2.58. The lowest BCUT2D eigenvalue weighted by Crippen LogP contribution is -2.25. The van der Waals surface area contributed by atoms with Gasteiger partial charge in [-0.3, -0.25) is 0 Å². The highest BCUT2D eigenvalue weighted by atomic mass is 16.5. The number of benzene rings is 1. The van der Waals surface area contributed by atoms with Gasteiger partial charge in [0.15, 0.2) is 6.10 Å². The van der Waals surface area contributed by atoms with Crippen molar-refractivity contribution in [2.45, 2.75) is 38.9 Å². The Balaban J connectivity index is 2.71. The van der Waals surface area contributed by atoms with E-state index in [1.54, 1.807) is 31.2 Å². The topological polar surface area (TPSA) is 66.8 Å². The van der Waals surface area contributed by atoms with Gasteiger partial charge in [0.1, 0.15) is 5.75 Å². The second kappa shape index (κ2) is 6.25. The molecule has 0 fully saturated rings. The quantitative estimate of drug-likeness (QED) is 0.798. The van der Waals surface area contributed by atoms with Crippen LogP contribution in [0.4, 0.5) is 0 Å². The zero-order chi connectivity index (χ0) is 12.8. The molecule has 1 aromatic carbocycles. The van der Waals surface area contributed by atoms with Crippen molar-refractivity contribution in [1.82, 2.24) is 0 Å². The van der Waals surface area contributed by atoms with Crippen LogP contribution >= 0.6 is 0 Å². The Kier molecular flexibility index (Phi) is 4.97. The van der Waals surface area contributed by atoms with Crippen LogP contribution in [0.5, 0.6) is 5.75 Å². The van der Waals surface area contributed by atoms with Crippen molar-refractivity contribution in [2.75, 3.05) is 0 Å².